The minimum atomic E-state index is -0.748. The zero-order valence-corrected chi connectivity index (χ0v) is 13.1. The first-order valence-electron chi connectivity index (χ1n) is 7.31. The van der Waals surface area contributed by atoms with Gasteiger partial charge in [0, 0.05) is 23.9 Å². The highest BCUT2D eigenvalue weighted by Gasteiger charge is 2.14. The molecular formula is C17H13FN4O3. The van der Waals surface area contributed by atoms with E-state index in [-0.39, 0.29) is 11.4 Å². The van der Waals surface area contributed by atoms with Crippen molar-refractivity contribution in [1.82, 2.24) is 9.78 Å². The van der Waals surface area contributed by atoms with Gasteiger partial charge in [0.05, 0.1) is 22.5 Å². The molecule has 2 aromatic carbocycles. The smallest absolute Gasteiger partial charge is 0.271 e. The number of anilines is 1. The summed E-state index contributed by atoms with van der Waals surface area (Å²) in [5, 5.41) is 17.3. The van der Waals surface area contributed by atoms with Gasteiger partial charge in [-0.2, -0.15) is 5.10 Å². The molecule has 0 bridgehead atoms. The van der Waals surface area contributed by atoms with Gasteiger partial charge in [0.1, 0.15) is 5.82 Å². The molecular weight excluding hydrogens is 327 g/mol. The minimum Gasteiger partial charge on any atom is -0.319 e. The lowest BCUT2D eigenvalue weighted by atomic mass is 10.2. The molecule has 0 aliphatic heterocycles. The van der Waals surface area contributed by atoms with Crippen LogP contribution in [0.4, 0.5) is 15.8 Å². The van der Waals surface area contributed by atoms with E-state index in [0.29, 0.717) is 5.56 Å². The van der Waals surface area contributed by atoms with Crippen molar-refractivity contribution >= 4 is 17.3 Å². The summed E-state index contributed by atoms with van der Waals surface area (Å²) in [7, 11) is 0. The van der Waals surface area contributed by atoms with Crippen LogP contribution in [0.3, 0.4) is 0 Å². The normalized spacial score (nSPS) is 10.5. The number of hydrogen-bond donors (Lipinski definition) is 1. The predicted octanol–water partition coefficient (Wildman–Crippen LogP) is 3.48. The van der Waals surface area contributed by atoms with Crippen molar-refractivity contribution in [2.24, 2.45) is 0 Å². The van der Waals surface area contributed by atoms with Gasteiger partial charge in [-0.1, -0.05) is 0 Å². The average molecular weight is 340 g/mol. The van der Waals surface area contributed by atoms with Crippen molar-refractivity contribution in [1.29, 1.82) is 0 Å². The van der Waals surface area contributed by atoms with E-state index in [9.17, 15) is 19.3 Å². The zero-order valence-electron chi connectivity index (χ0n) is 13.1. The number of hydrogen-bond acceptors (Lipinski definition) is 4. The zero-order chi connectivity index (χ0) is 18.0. The van der Waals surface area contributed by atoms with Crippen LogP contribution in [0.5, 0.6) is 0 Å². The standard InChI is InChI=1S/C17H13FN4O3/c1-11-9-19-21(10-11)13-4-2-12(3-5-13)17(23)20-16-8-14(22(24)25)6-7-15(16)18/h2-10H,1H3,(H,20,23). The molecule has 3 rings (SSSR count). The summed E-state index contributed by atoms with van der Waals surface area (Å²) in [4.78, 5) is 22.3. The highest BCUT2D eigenvalue weighted by Crippen LogP contribution is 2.22. The van der Waals surface area contributed by atoms with Gasteiger partial charge in [-0.05, 0) is 42.8 Å². The van der Waals surface area contributed by atoms with Crippen molar-refractivity contribution in [3.8, 4) is 5.69 Å². The predicted molar refractivity (Wildman–Crippen MR) is 89.3 cm³/mol. The second-order valence-electron chi connectivity index (χ2n) is 5.38. The number of aromatic nitrogens is 2. The first-order chi connectivity index (χ1) is 11.9. The maximum Gasteiger partial charge on any atom is 0.271 e. The maximum atomic E-state index is 13.7. The summed E-state index contributed by atoms with van der Waals surface area (Å²) in [6.07, 6.45) is 3.55. The Labute approximate surface area is 141 Å². The molecule has 1 amide bonds. The first-order valence-corrected chi connectivity index (χ1v) is 7.31. The van der Waals surface area contributed by atoms with Crippen molar-refractivity contribution in [3.05, 3.63) is 81.9 Å². The highest BCUT2D eigenvalue weighted by atomic mass is 19.1. The number of halogens is 1. The fraction of sp³-hybridized carbons (Fsp3) is 0.0588. The summed E-state index contributed by atoms with van der Waals surface area (Å²) in [5.41, 5.74) is 1.51. The van der Waals surface area contributed by atoms with Gasteiger partial charge in [0.25, 0.3) is 11.6 Å². The lowest BCUT2D eigenvalue weighted by Crippen LogP contribution is -2.13. The number of nitro benzene ring substituents is 1. The molecule has 126 valence electrons. The molecule has 1 N–H and O–H groups in total. The van der Waals surface area contributed by atoms with Gasteiger partial charge < -0.3 is 5.32 Å². The number of amides is 1. The Hall–Kier alpha value is -3.55. The largest absolute Gasteiger partial charge is 0.319 e. The van der Waals surface area contributed by atoms with Gasteiger partial charge in [-0.15, -0.1) is 0 Å². The van der Waals surface area contributed by atoms with Gasteiger partial charge in [-0.3, -0.25) is 14.9 Å². The molecule has 7 nitrogen and oxygen atoms in total. The number of carbonyl (C=O) groups excluding carboxylic acids is 1. The van der Waals surface area contributed by atoms with E-state index in [1.807, 2.05) is 13.1 Å². The van der Waals surface area contributed by atoms with Crippen molar-refractivity contribution in [2.45, 2.75) is 6.92 Å². The first kappa shape index (κ1) is 16.3. The number of carbonyl (C=O) groups is 1. The van der Waals surface area contributed by atoms with E-state index >= 15 is 0 Å². The van der Waals surface area contributed by atoms with Crippen LogP contribution in [-0.2, 0) is 0 Å². The van der Waals surface area contributed by atoms with Gasteiger partial charge in [-0.25, -0.2) is 9.07 Å². The molecule has 25 heavy (non-hydrogen) atoms. The van der Waals surface area contributed by atoms with E-state index in [1.54, 1.807) is 35.1 Å². The maximum absolute atomic E-state index is 13.7. The van der Waals surface area contributed by atoms with E-state index in [4.69, 9.17) is 0 Å². The summed E-state index contributed by atoms with van der Waals surface area (Å²) < 4.78 is 15.4. The minimum absolute atomic E-state index is 0.244. The van der Waals surface area contributed by atoms with Crippen molar-refractivity contribution in [2.75, 3.05) is 5.32 Å². The molecule has 1 heterocycles. The monoisotopic (exact) mass is 340 g/mol. The third kappa shape index (κ3) is 3.52. The Morgan fingerprint density at radius 2 is 1.96 bits per heavy atom. The molecule has 0 atom stereocenters. The molecule has 0 aliphatic rings. The van der Waals surface area contributed by atoms with Crippen LogP contribution >= 0.6 is 0 Å². The Balaban J connectivity index is 1.80. The molecule has 0 radical (unpaired) electrons. The van der Waals surface area contributed by atoms with Gasteiger partial charge >= 0.3 is 0 Å². The number of non-ortho nitro benzene ring substituents is 1. The number of nitrogens with zero attached hydrogens (tertiary/aromatic N) is 3. The van der Waals surface area contributed by atoms with Gasteiger partial charge in [0.15, 0.2) is 0 Å². The number of aryl methyl sites for hydroxylation is 1. The van der Waals surface area contributed by atoms with Gasteiger partial charge in [0.2, 0.25) is 0 Å². The molecule has 0 saturated carbocycles. The summed E-state index contributed by atoms with van der Waals surface area (Å²) >= 11 is 0. The van der Waals surface area contributed by atoms with Crippen LogP contribution in [0.25, 0.3) is 5.69 Å². The van der Waals surface area contributed by atoms with Crippen molar-refractivity contribution in [3.63, 3.8) is 0 Å². The SMILES string of the molecule is Cc1cnn(-c2ccc(C(=O)Nc3cc([N+](=O)[O-])ccc3F)cc2)c1. The number of nitro groups is 1. The third-order valence-electron chi connectivity index (χ3n) is 3.51. The van der Waals surface area contributed by atoms with E-state index < -0.39 is 16.6 Å². The number of nitrogens with one attached hydrogen (secondary N) is 1. The van der Waals surface area contributed by atoms with Crippen LogP contribution in [0.1, 0.15) is 15.9 Å². The molecule has 0 spiro atoms. The molecule has 8 heteroatoms. The van der Waals surface area contributed by atoms with Crippen LogP contribution in [0, 0.1) is 22.9 Å². The Morgan fingerprint density at radius 1 is 1.24 bits per heavy atom. The molecule has 1 aromatic heterocycles. The Morgan fingerprint density at radius 3 is 2.56 bits per heavy atom. The van der Waals surface area contributed by atoms with Crippen LogP contribution in [0.15, 0.2) is 54.9 Å². The van der Waals surface area contributed by atoms with Crippen LogP contribution in [-0.4, -0.2) is 20.6 Å². The summed E-state index contributed by atoms with van der Waals surface area (Å²) in [5.74, 6) is -1.31. The molecule has 0 fully saturated rings. The van der Waals surface area contributed by atoms with E-state index in [2.05, 4.69) is 10.4 Å². The quantitative estimate of drug-likeness (QED) is 0.581. The topological polar surface area (TPSA) is 90.1 Å². The van der Waals surface area contributed by atoms with Crippen molar-refractivity contribution < 1.29 is 14.1 Å². The second kappa shape index (κ2) is 6.52. The number of benzene rings is 2. The summed E-state index contributed by atoms with van der Waals surface area (Å²) in [6.45, 7) is 1.92. The fourth-order valence-corrected chi connectivity index (χ4v) is 2.24. The second-order valence-corrected chi connectivity index (χ2v) is 5.38. The molecule has 3 aromatic rings. The van der Waals surface area contributed by atoms with E-state index in [0.717, 1.165) is 29.4 Å². The number of rotatable bonds is 4. The Bertz CT molecular complexity index is 951. The molecule has 0 unspecified atom stereocenters. The fourth-order valence-electron chi connectivity index (χ4n) is 2.24. The lowest BCUT2D eigenvalue weighted by molar-refractivity contribution is -0.384. The highest BCUT2D eigenvalue weighted by molar-refractivity contribution is 6.04. The third-order valence-corrected chi connectivity index (χ3v) is 3.51. The van der Waals surface area contributed by atoms with E-state index in [1.165, 1.54) is 0 Å². The Kier molecular flexibility index (Phi) is 4.25. The lowest BCUT2D eigenvalue weighted by Gasteiger charge is -2.07. The van der Waals surface area contributed by atoms with Crippen LogP contribution in [0.2, 0.25) is 0 Å². The average Bonchev–Trinajstić information content (AvgIpc) is 3.03. The molecule has 0 saturated heterocycles. The summed E-state index contributed by atoms with van der Waals surface area (Å²) in [6, 6.07) is 9.49. The van der Waals surface area contributed by atoms with Crippen LogP contribution < -0.4 is 5.32 Å². The molecule has 0 aliphatic carbocycles.